The average molecular weight is 469 g/mol. The van der Waals surface area contributed by atoms with Crippen LogP contribution in [0.5, 0.6) is 0 Å². The first-order chi connectivity index (χ1) is 14.5. The maximum absolute atomic E-state index is 12.8. The van der Waals surface area contributed by atoms with E-state index in [-0.39, 0.29) is 23.3 Å². The van der Waals surface area contributed by atoms with Gasteiger partial charge in [0.15, 0.2) is 0 Å². The van der Waals surface area contributed by atoms with Crippen molar-refractivity contribution in [1.29, 1.82) is 0 Å². The third kappa shape index (κ3) is 6.43. The Morgan fingerprint density at radius 3 is 2.19 bits per heavy atom. The molecule has 7 nitrogen and oxygen atoms in total. The third-order valence-corrected chi connectivity index (χ3v) is 6.30. The van der Waals surface area contributed by atoms with Gasteiger partial charge in [0.2, 0.25) is 0 Å². The van der Waals surface area contributed by atoms with E-state index in [1.165, 1.54) is 25.3 Å². The van der Waals surface area contributed by atoms with Gasteiger partial charge in [0.1, 0.15) is 6.10 Å². The Kier molecular flexibility index (Phi) is 8.48. The van der Waals surface area contributed by atoms with Crippen molar-refractivity contribution in [2.45, 2.75) is 50.5 Å². The fourth-order valence-corrected chi connectivity index (χ4v) is 4.36. The summed E-state index contributed by atoms with van der Waals surface area (Å²) in [6.45, 7) is 7.88. The summed E-state index contributed by atoms with van der Waals surface area (Å²) in [6, 6.07) is 8.38. The number of rotatable bonds is 8. The number of benzene rings is 2. The van der Waals surface area contributed by atoms with Crippen LogP contribution in [-0.4, -0.2) is 33.3 Å². The normalized spacial score (nSPS) is 12.8. The summed E-state index contributed by atoms with van der Waals surface area (Å²) in [7, 11) is -2.73. The van der Waals surface area contributed by atoms with Crippen molar-refractivity contribution in [1.82, 2.24) is 4.72 Å². The lowest BCUT2D eigenvalue weighted by Crippen LogP contribution is -2.35. The standard InChI is InChI=1S/C22H29ClN2O5S/c1-13(2)18-10-16(23)11-19(14(3)4)21(18)24-22(27)25-31(28,29)17-8-6-7-15(9-17)20(26)12-30-5/h6-11,13-14,20,26H,12H2,1-5H3,(H2,24,25,27). The molecule has 0 aliphatic rings. The van der Waals surface area contributed by atoms with Crippen molar-refractivity contribution in [3.8, 4) is 0 Å². The molecule has 3 N–H and O–H groups in total. The molecule has 0 aliphatic carbocycles. The van der Waals surface area contributed by atoms with Gasteiger partial charge >= 0.3 is 6.03 Å². The van der Waals surface area contributed by atoms with Gasteiger partial charge in [-0.3, -0.25) is 0 Å². The van der Waals surface area contributed by atoms with Gasteiger partial charge in [-0.25, -0.2) is 17.9 Å². The van der Waals surface area contributed by atoms with Crippen LogP contribution in [0.4, 0.5) is 10.5 Å². The van der Waals surface area contributed by atoms with Gasteiger partial charge in [0, 0.05) is 17.8 Å². The summed E-state index contributed by atoms with van der Waals surface area (Å²) in [4.78, 5) is 12.5. The van der Waals surface area contributed by atoms with Crippen LogP contribution >= 0.6 is 11.6 Å². The SMILES string of the molecule is COCC(O)c1cccc(S(=O)(=O)NC(=O)Nc2c(C(C)C)cc(Cl)cc2C(C)C)c1. The predicted octanol–water partition coefficient (Wildman–Crippen LogP) is 4.78. The van der Waals surface area contributed by atoms with E-state index in [9.17, 15) is 18.3 Å². The molecule has 0 saturated carbocycles. The molecule has 2 aromatic rings. The molecule has 1 unspecified atom stereocenters. The number of nitrogens with one attached hydrogen (secondary N) is 2. The van der Waals surface area contributed by atoms with Crippen LogP contribution in [0.15, 0.2) is 41.3 Å². The molecule has 0 radical (unpaired) electrons. The quantitative estimate of drug-likeness (QED) is 0.517. The van der Waals surface area contributed by atoms with E-state index in [1.54, 1.807) is 18.2 Å². The topological polar surface area (TPSA) is 105 Å². The number of halogens is 1. The summed E-state index contributed by atoms with van der Waals surface area (Å²) < 4.78 is 32.4. The fraction of sp³-hybridized carbons (Fsp3) is 0.409. The van der Waals surface area contributed by atoms with Crippen LogP contribution < -0.4 is 10.0 Å². The molecule has 2 aromatic carbocycles. The lowest BCUT2D eigenvalue weighted by atomic mass is 9.92. The van der Waals surface area contributed by atoms with Crippen molar-refractivity contribution in [3.05, 3.63) is 58.1 Å². The Hall–Kier alpha value is -2.13. The first-order valence-electron chi connectivity index (χ1n) is 9.90. The first kappa shape index (κ1) is 25.1. The molecule has 0 fully saturated rings. The second-order valence-electron chi connectivity index (χ2n) is 7.87. The number of hydrogen-bond donors (Lipinski definition) is 3. The zero-order chi connectivity index (χ0) is 23.3. The smallest absolute Gasteiger partial charge is 0.333 e. The highest BCUT2D eigenvalue weighted by atomic mass is 35.5. The number of carbonyl (C=O) groups is 1. The Labute approximate surface area is 188 Å². The number of aliphatic hydroxyl groups excluding tert-OH is 1. The van der Waals surface area contributed by atoms with Crippen LogP contribution in [0, 0.1) is 0 Å². The molecule has 170 valence electrons. The van der Waals surface area contributed by atoms with E-state index < -0.39 is 22.2 Å². The van der Waals surface area contributed by atoms with Crippen molar-refractivity contribution in [2.75, 3.05) is 19.0 Å². The highest BCUT2D eigenvalue weighted by Gasteiger charge is 2.22. The Balaban J connectivity index is 2.32. The molecule has 2 rings (SSSR count). The number of carbonyl (C=O) groups excluding carboxylic acids is 1. The maximum Gasteiger partial charge on any atom is 0.333 e. The predicted molar refractivity (Wildman–Crippen MR) is 122 cm³/mol. The van der Waals surface area contributed by atoms with Crippen molar-refractivity contribution in [2.24, 2.45) is 0 Å². The van der Waals surface area contributed by atoms with Gasteiger partial charge in [-0.2, -0.15) is 0 Å². The van der Waals surface area contributed by atoms with E-state index >= 15 is 0 Å². The molecule has 2 amide bonds. The molecular weight excluding hydrogens is 440 g/mol. The first-order valence-corrected chi connectivity index (χ1v) is 11.8. The largest absolute Gasteiger partial charge is 0.386 e. The average Bonchev–Trinajstić information content (AvgIpc) is 2.68. The summed E-state index contributed by atoms with van der Waals surface area (Å²) in [5.74, 6) is 0.115. The summed E-state index contributed by atoms with van der Waals surface area (Å²) >= 11 is 6.24. The van der Waals surface area contributed by atoms with Gasteiger partial charge < -0.3 is 15.2 Å². The van der Waals surface area contributed by atoms with E-state index in [2.05, 4.69) is 5.32 Å². The van der Waals surface area contributed by atoms with Crippen molar-refractivity contribution >= 4 is 33.3 Å². The van der Waals surface area contributed by atoms with Crippen molar-refractivity contribution < 1.29 is 23.1 Å². The Morgan fingerprint density at radius 2 is 1.68 bits per heavy atom. The third-order valence-electron chi connectivity index (χ3n) is 4.75. The lowest BCUT2D eigenvalue weighted by molar-refractivity contribution is 0.0643. The number of amides is 2. The zero-order valence-corrected chi connectivity index (χ0v) is 19.8. The number of urea groups is 1. The highest BCUT2D eigenvalue weighted by molar-refractivity contribution is 7.90. The van der Waals surface area contributed by atoms with Gasteiger partial charge in [0.05, 0.1) is 11.5 Å². The summed E-state index contributed by atoms with van der Waals surface area (Å²) in [5, 5.41) is 13.3. The number of sulfonamides is 1. The highest BCUT2D eigenvalue weighted by Crippen LogP contribution is 2.35. The van der Waals surface area contributed by atoms with Gasteiger partial charge in [-0.15, -0.1) is 0 Å². The number of anilines is 1. The van der Waals surface area contributed by atoms with Crippen LogP contribution in [-0.2, 0) is 14.8 Å². The minimum absolute atomic E-state index is 0.0178. The van der Waals surface area contributed by atoms with Gasteiger partial charge in [0.25, 0.3) is 10.0 Å². The Bertz CT molecular complexity index is 1010. The number of methoxy groups -OCH3 is 1. The van der Waals surface area contributed by atoms with E-state index in [0.29, 0.717) is 16.3 Å². The van der Waals surface area contributed by atoms with Crippen LogP contribution in [0.1, 0.15) is 62.3 Å². The molecule has 0 bridgehead atoms. The van der Waals surface area contributed by atoms with Gasteiger partial charge in [-0.1, -0.05) is 51.4 Å². The monoisotopic (exact) mass is 468 g/mol. The molecule has 1 atom stereocenters. The molecule has 31 heavy (non-hydrogen) atoms. The summed E-state index contributed by atoms with van der Waals surface area (Å²) in [5.41, 5.74) is 2.54. The molecule has 0 spiro atoms. The fourth-order valence-electron chi connectivity index (χ4n) is 3.17. The molecule has 0 aliphatic heterocycles. The Morgan fingerprint density at radius 1 is 1.10 bits per heavy atom. The molecular formula is C22H29ClN2O5S. The second-order valence-corrected chi connectivity index (χ2v) is 9.99. The minimum atomic E-state index is -4.16. The molecule has 0 aromatic heterocycles. The van der Waals surface area contributed by atoms with Gasteiger partial charge in [-0.05, 0) is 52.8 Å². The molecule has 0 saturated heterocycles. The van der Waals surface area contributed by atoms with E-state index in [1.807, 2.05) is 32.4 Å². The number of hydrogen-bond acceptors (Lipinski definition) is 5. The minimum Gasteiger partial charge on any atom is -0.386 e. The number of ether oxygens (including phenoxy) is 1. The maximum atomic E-state index is 12.8. The molecule has 9 heteroatoms. The van der Waals surface area contributed by atoms with Crippen molar-refractivity contribution in [3.63, 3.8) is 0 Å². The van der Waals surface area contributed by atoms with Crippen LogP contribution in [0.25, 0.3) is 0 Å². The lowest BCUT2D eigenvalue weighted by Gasteiger charge is -2.21. The van der Waals surface area contributed by atoms with Crippen LogP contribution in [0.2, 0.25) is 5.02 Å². The van der Waals surface area contributed by atoms with Crippen LogP contribution in [0.3, 0.4) is 0 Å². The molecule has 0 heterocycles. The van der Waals surface area contributed by atoms with E-state index in [4.69, 9.17) is 16.3 Å². The second kappa shape index (κ2) is 10.5. The zero-order valence-electron chi connectivity index (χ0n) is 18.3. The summed E-state index contributed by atoms with van der Waals surface area (Å²) in [6.07, 6.45) is -0.981. The number of aliphatic hydroxyl groups is 1. The van der Waals surface area contributed by atoms with E-state index in [0.717, 1.165) is 11.1 Å².